The van der Waals surface area contributed by atoms with Gasteiger partial charge in [0.1, 0.15) is 6.04 Å². The van der Waals surface area contributed by atoms with E-state index in [1.807, 2.05) is 0 Å². The van der Waals surface area contributed by atoms with E-state index in [-0.39, 0.29) is 37.7 Å². The molecule has 0 aliphatic heterocycles. The summed E-state index contributed by atoms with van der Waals surface area (Å²) >= 11 is 0. The Morgan fingerprint density at radius 2 is 1.69 bits per heavy atom. The number of carbonyl (C=O) groups is 2. The summed E-state index contributed by atoms with van der Waals surface area (Å²) < 4.78 is 13.8. The van der Waals surface area contributed by atoms with E-state index >= 15 is 0 Å². The maximum Gasteiger partial charge on any atom is 2.00 e. The molecule has 0 fully saturated rings. The molecule has 0 spiro atoms. The molecule has 5 N–H and O–H groups in total. The topological polar surface area (TPSA) is 193 Å². The van der Waals surface area contributed by atoms with Crippen molar-refractivity contribution >= 4 is 57.7 Å². The molecule has 0 rings (SSSR count). The molecule has 1 atom stereocenters. The number of hydrogen-bond acceptors (Lipinski definition) is 7. The fraction of sp³-hybridized carbons (Fsp3) is 0.500. The van der Waals surface area contributed by atoms with E-state index < -0.39 is 32.6 Å². The minimum absolute atomic E-state index is 0. The average molecular weight is 285 g/mol. The summed E-state index contributed by atoms with van der Waals surface area (Å²) in [6, 6.07) is -1.41. The average Bonchev–Trinajstić information content (AvgIpc) is 1.97. The molecular formula is C4H8CaNO9P. The third-order valence-electron chi connectivity index (χ3n) is 0.739. The Morgan fingerprint density at radius 1 is 1.38 bits per heavy atom. The number of phosphoric ester groups is 1. The van der Waals surface area contributed by atoms with Crippen LogP contribution in [0.2, 0.25) is 0 Å². The molecule has 0 radical (unpaired) electrons. The molecule has 90 valence electrons. The molecule has 0 aliphatic carbocycles. The number of phosphoric acid groups is 1. The van der Waals surface area contributed by atoms with Crippen molar-refractivity contribution in [1.82, 2.24) is 0 Å². The van der Waals surface area contributed by atoms with Gasteiger partial charge in [0.15, 0.2) is 0 Å². The van der Waals surface area contributed by atoms with E-state index in [9.17, 15) is 9.36 Å². The minimum Gasteiger partial charge on any atom is -0.652 e. The fourth-order valence-corrected chi connectivity index (χ4v) is 0.603. The number of aliphatic carboxylic acids is 1. The van der Waals surface area contributed by atoms with Crippen molar-refractivity contribution in [2.24, 2.45) is 5.73 Å². The molecule has 12 heteroatoms. The third kappa shape index (κ3) is 23.7. The van der Waals surface area contributed by atoms with Crippen LogP contribution in [0.4, 0.5) is 4.79 Å². The van der Waals surface area contributed by atoms with E-state index in [0.29, 0.717) is 0 Å². The van der Waals surface area contributed by atoms with Gasteiger partial charge in [-0.3, -0.25) is 9.32 Å². The van der Waals surface area contributed by atoms with Crippen LogP contribution in [0.1, 0.15) is 0 Å². The summed E-state index contributed by atoms with van der Waals surface area (Å²) in [6.07, 6.45) is -2.33. The Labute approximate surface area is 119 Å². The maximum atomic E-state index is 9.98. The van der Waals surface area contributed by atoms with Gasteiger partial charge >= 0.3 is 51.5 Å². The van der Waals surface area contributed by atoms with Crippen LogP contribution in [0.5, 0.6) is 0 Å². The quantitative estimate of drug-likeness (QED) is 0.289. The Bertz CT molecular complexity index is 260. The molecule has 0 unspecified atom stereocenters. The van der Waals surface area contributed by atoms with Gasteiger partial charge in [-0.25, -0.2) is 4.57 Å². The van der Waals surface area contributed by atoms with Gasteiger partial charge in [0.25, 0.3) is 0 Å². The van der Waals surface area contributed by atoms with Crippen molar-refractivity contribution in [2.75, 3.05) is 6.61 Å². The second-order valence-corrected chi connectivity index (χ2v) is 3.22. The van der Waals surface area contributed by atoms with E-state index in [0.717, 1.165) is 0 Å². The van der Waals surface area contributed by atoms with Crippen molar-refractivity contribution in [2.45, 2.75) is 6.04 Å². The number of carboxylic acid groups (broad SMARTS) is 3. The molecular weight excluding hydrogens is 277 g/mol. The smallest absolute Gasteiger partial charge is 0.652 e. The van der Waals surface area contributed by atoms with Gasteiger partial charge in [0, 0.05) is 0 Å². The summed E-state index contributed by atoms with van der Waals surface area (Å²) in [5.74, 6) is -1.38. The zero-order valence-electron chi connectivity index (χ0n) is 7.81. The Morgan fingerprint density at radius 3 is 1.88 bits per heavy atom. The van der Waals surface area contributed by atoms with Crippen molar-refractivity contribution < 1.29 is 43.8 Å². The van der Waals surface area contributed by atoms with Crippen LogP contribution in [-0.2, 0) is 13.9 Å². The molecule has 10 nitrogen and oxygen atoms in total. The number of nitrogens with two attached hydrogens (primary N) is 1. The zero-order chi connectivity index (χ0) is 12.6. The second kappa shape index (κ2) is 10.2. The van der Waals surface area contributed by atoms with Gasteiger partial charge < -0.3 is 35.6 Å². The van der Waals surface area contributed by atoms with E-state index in [2.05, 4.69) is 4.52 Å². The molecule has 16 heavy (non-hydrogen) atoms. The molecule has 0 bridgehead atoms. The second-order valence-electron chi connectivity index (χ2n) is 1.98. The fourth-order valence-electron chi connectivity index (χ4n) is 0.249. The number of carboxylic acids is 1. The van der Waals surface area contributed by atoms with Crippen LogP contribution < -0.4 is 15.9 Å². The van der Waals surface area contributed by atoms with Gasteiger partial charge in [0.05, 0.1) is 6.61 Å². The van der Waals surface area contributed by atoms with Crippen LogP contribution in [0.3, 0.4) is 0 Å². The van der Waals surface area contributed by atoms with Crippen LogP contribution in [0.15, 0.2) is 0 Å². The van der Waals surface area contributed by atoms with Crippen molar-refractivity contribution in [1.29, 1.82) is 0 Å². The first-order chi connectivity index (χ1) is 6.56. The standard InChI is InChI=1S/C3H8NO6P.CH2O3.Ca/c4-2(3(5)6)1-10-11(7,8)9;2-1(3)4;/h2H,1,4H2,(H,5,6)(H2,7,8,9);(H2,2,3,4);/q;;+2/p-2/t2-;;/m0../s1. The Hall–Kier alpha value is 0.0697. The van der Waals surface area contributed by atoms with Crippen LogP contribution in [0, 0.1) is 0 Å². The van der Waals surface area contributed by atoms with Crippen molar-refractivity contribution in [3.8, 4) is 0 Å². The monoisotopic (exact) mass is 285 g/mol. The third-order valence-corrected chi connectivity index (χ3v) is 1.22. The Kier molecular flexibility index (Phi) is 13.7. The number of rotatable bonds is 4. The molecule has 0 aromatic carbocycles. The zero-order valence-corrected chi connectivity index (χ0v) is 10.9. The SMILES string of the molecule is N[C@@H](COP(=O)(O)O)C(=O)O.O=C([O-])[O-].[Ca+2]. The summed E-state index contributed by atoms with van der Waals surface area (Å²) in [6.45, 7) is -0.709. The maximum absolute atomic E-state index is 9.98. The molecule has 0 heterocycles. The first-order valence-electron chi connectivity index (χ1n) is 3.12. The van der Waals surface area contributed by atoms with Gasteiger partial charge in [-0.2, -0.15) is 0 Å². The van der Waals surface area contributed by atoms with E-state index in [1.54, 1.807) is 0 Å². The van der Waals surface area contributed by atoms with E-state index in [4.69, 9.17) is 35.6 Å². The van der Waals surface area contributed by atoms with Gasteiger partial charge in [-0.15, -0.1) is 0 Å². The predicted octanol–water partition coefficient (Wildman–Crippen LogP) is -4.32. The minimum atomic E-state index is -4.60. The summed E-state index contributed by atoms with van der Waals surface area (Å²) in [4.78, 5) is 34.5. The van der Waals surface area contributed by atoms with Gasteiger partial charge in [-0.05, 0) is 6.16 Å². The first kappa shape index (κ1) is 21.4. The Balaban J connectivity index is -0.000000292. The molecule has 0 saturated heterocycles. The summed E-state index contributed by atoms with van der Waals surface area (Å²) in [7, 11) is -4.60. The van der Waals surface area contributed by atoms with Crippen LogP contribution in [-0.4, -0.2) is 77.4 Å². The molecule has 0 amide bonds. The van der Waals surface area contributed by atoms with Crippen LogP contribution >= 0.6 is 7.82 Å². The number of hydrogen-bond donors (Lipinski definition) is 4. The first-order valence-corrected chi connectivity index (χ1v) is 4.65. The largest absolute Gasteiger partial charge is 2.00 e. The van der Waals surface area contributed by atoms with Gasteiger partial charge in [-0.1, -0.05) is 0 Å². The number of carbonyl (C=O) groups excluding carboxylic acids is 1. The molecule has 0 aliphatic rings. The molecule has 0 saturated carbocycles. The van der Waals surface area contributed by atoms with Crippen molar-refractivity contribution in [3.63, 3.8) is 0 Å². The van der Waals surface area contributed by atoms with E-state index in [1.165, 1.54) is 0 Å². The van der Waals surface area contributed by atoms with Crippen molar-refractivity contribution in [3.05, 3.63) is 0 Å². The molecule has 0 aromatic rings. The predicted molar refractivity (Wildman–Crippen MR) is 44.8 cm³/mol. The summed E-state index contributed by atoms with van der Waals surface area (Å²) in [5.41, 5.74) is 4.86. The molecule has 0 aromatic heterocycles. The van der Waals surface area contributed by atoms with Gasteiger partial charge in [0.2, 0.25) is 0 Å². The van der Waals surface area contributed by atoms with Crippen LogP contribution in [0.25, 0.3) is 0 Å². The summed E-state index contributed by atoms with van der Waals surface area (Å²) in [5, 5.41) is 24.8. The normalized spacial score (nSPS) is 11.4.